The predicted molar refractivity (Wildman–Crippen MR) is 65.1 cm³/mol. The summed E-state index contributed by atoms with van der Waals surface area (Å²) in [6, 6.07) is 7.10. The van der Waals surface area contributed by atoms with Gasteiger partial charge in [0.25, 0.3) is 0 Å². The fraction of sp³-hybridized carbons (Fsp3) is 0.571. The molecule has 1 aromatic carbocycles. The van der Waals surface area contributed by atoms with Gasteiger partial charge in [0, 0.05) is 6.54 Å². The second kappa shape index (κ2) is 5.44. The maximum Gasteiger partial charge on any atom is 0.123 e. The highest BCUT2D eigenvalue weighted by atomic mass is 19.1. The summed E-state index contributed by atoms with van der Waals surface area (Å²) in [5.41, 5.74) is 1.17. The number of halogens is 1. The first-order valence-electron chi connectivity index (χ1n) is 6.27. The van der Waals surface area contributed by atoms with Gasteiger partial charge in [0.2, 0.25) is 0 Å². The molecule has 1 saturated heterocycles. The van der Waals surface area contributed by atoms with E-state index < -0.39 is 0 Å². The van der Waals surface area contributed by atoms with E-state index in [1.807, 2.05) is 6.07 Å². The molecule has 0 aliphatic carbocycles. The Morgan fingerprint density at radius 2 is 2.31 bits per heavy atom. The first-order chi connectivity index (χ1) is 7.79. The SMILES string of the molecule is CCCN1CCC[C@@H](c2cccc(F)c2)C1. The highest BCUT2D eigenvalue weighted by Gasteiger charge is 2.20. The molecule has 0 unspecified atom stereocenters. The van der Waals surface area contributed by atoms with Crippen LogP contribution in [0.3, 0.4) is 0 Å². The van der Waals surface area contributed by atoms with Gasteiger partial charge in [-0.1, -0.05) is 19.1 Å². The standard InChI is InChI=1S/C14H20FN/c1-2-8-16-9-4-6-13(11-16)12-5-3-7-14(15)10-12/h3,5,7,10,13H,2,4,6,8-9,11H2,1H3/t13-/m1/s1. The molecular weight excluding hydrogens is 201 g/mol. The fourth-order valence-electron chi connectivity index (χ4n) is 2.61. The Kier molecular flexibility index (Phi) is 3.94. The fourth-order valence-corrected chi connectivity index (χ4v) is 2.61. The molecule has 1 aliphatic heterocycles. The van der Waals surface area contributed by atoms with Gasteiger partial charge in [-0.25, -0.2) is 4.39 Å². The van der Waals surface area contributed by atoms with Crippen molar-refractivity contribution in [3.8, 4) is 0 Å². The van der Waals surface area contributed by atoms with E-state index in [9.17, 15) is 4.39 Å². The molecule has 0 saturated carbocycles. The third-order valence-corrected chi connectivity index (χ3v) is 3.37. The van der Waals surface area contributed by atoms with Crippen molar-refractivity contribution in [1.29, 1.82) is 0 Å². The molecular formula is C14H20FN. The lowest BCUT2D eigenvalue weighted by molar-refractivity contribution is 0.208. The van der Waals surface area contributed by atoms with Crippen LogP contribution in [-0.2, 0) is 0 Å². The van der Waals surface area contributed by atoms with Crippen LogP contribution in [0.5, 0.6) is 0 Å². The molecule has 16 heavy (non-hydrogen) atoms. The van der Waals surface area contributed by atoms with Gasteiger partial charge in [-0.2, -0.15) is 0 Å². The van der Waals surface area contributed by atoms with E-state index in [1.54, 1.807) is 6.07 Å². The van der Waals surface area contributed by atoms with Gasteiger partial charge in [0.05, 0.1) is 0 Å². The molecule has 0 aromatic heterocycles. The molecule has 2 heteroatoms. The van der Waals surface area contributed by atoms with E-state index in [1.165, 1.54) is 44.0 Å². The Hall–Kier alpha value is -0.890. The summed E-state index contributed by atoms with van der Waals surface area (Å²) in [5, 5.41) is 0. The van der Waals surface area contributed by atoms with E-state index in [4.69, 9.17) is 0 Å². The Morgan fingerprint density at radius 3 is 3.06 bits per heavy atom. The lowest BCUT2D eigenvalue weighted by Gasteiger charge is -2.32. The quantitative estimate of drug-likeness (QED) is 0.756. The number of hydrogen-bond donors (Lipinski definition) is 0. The monoisotopic (exact) mass is 221 g/mol. The predicted octanol–water partition coefficient (Wildman–Crippen LogP) is 3.42. The molecule has 2 rings (SSSR count). The highest BCUT2D eigenvalue weighted by Crippen LogP contribution is 2.27. The van der Waals surface area contributed by atoms with Crippen molar-refractivity contribution in [2.45, 2.75) is 32.1 Å². The summed E-state index contributed by atoms with van der Waals surface area (Å²) < 4.78 is 13.2. The number of benzene rings is 1. The lowest BCUT2D eigenvalue weighted by Crippen LogP contribution is -2.34. The molecule has 0 N–H and O–H groups in total. The van der Waals surface area contributed by atoms with Crippen LogP contribution in [0.15, 0.2) is 24.3 Å². The van der Waals surface area contributed by atoms with Crippen LogP contribution in [0.4, 0.5) is 4.39 Å². The minimum absolute atomic E-state index is 0.106. The van der Waals surface area contributed by atoms with Gasteiger partial charge >= 0.3 is 0 Å². The molecule has 1 aromatic rings. The molecule has 0 bridgehead atoms. The molecule has 0 amide bonds. The largest absolute Gasteiger partial charge is 0.303 e. The van der Waals surface area contributed by atoms with Crippen LogP contribution in [0.25, 0.3) is 0 Å². The van der Waals surface area contributed by atoms with Gasteiger partial charge in [-0.05, 0) is 56.0 Å². The maximum atomic E-state index is 13.2. The normalized spacial score (nSPS) is 22.2. The summed E-state index contributed by atoms with van der Waals surface area (Å²) in [7, 11) is 0. The van der Waals surface area contributed by atoms with Crippen LogP contribution < -0.4 is 0 Å². The average Bonchev–Trinajstić information content (AvgIpc) is 2.30. The summed E-state index contributed by atoms with van der Waals surface area (Å²) in [4.78, 5) is 2.50. The van der Waals surface area contributed by atoms with Crippen LogP contribution >= 0.6 is 0 Å². The molecule has 1 fully saturated rings. The van der Waals surface area contributed by atoms with Crippen LogP contribution in [0.1, 0.15) is 37.7 Å². The summed E-state index contributed by atoms with van der Waals surface area (Å²) in [6.45, 7) is 5.69. The Balaban J connectivity index is 2.03. The second-order valence-corrected chi connectivity index (χ2v) is 4.69. The Morgan fingerprint density at radius 1 is 1.44 bits per heavy atom. The first-order valence-corrected chi connectivity index (χ1v) is 6.27. The van der Waals surface area contributed by atoms with Crippen molar-refractivity contribution in [2.24, 2.45) is 0 Å². The van der Waals surface area contributed by atoms with Gasteiger partial charge in [0.15, 0.2) is 0 Å². The zero-order valence-electron chi connectivity index (χ0n) is 9.95. The maximum absolute atomic E-state index is 13.2. The highest BCUT2D eigenvalue weighted by molar-refractivity contribution is 5.21. The van der Waals surface area contributed by atoms with E-state index in [0.717, 1.165) is 6.54 Å². The van der Waals surface area contributed by atoms with Gasteiger partial charge < -0.3 is 4.90 Å². The van der Waals surface area contributed by atoms with E-state index >= 15 is 0 Å². The van der Waals surface area contributed by atoms with Crippen molar-refractivity contribution in [2.75, 3.05) is 19.6 Å². The third-order valence-electron chi connectivity index (χ3n) is 3.37. The minimum atomic E-state index is -0.106. The molecule has 1 heterocycles. The van der Waals surface area contributed by atoms with Crippen LogP contribution in [0.2, 0.25) is 0 Å². The van der Waals surface area contributed by atoms with E-state index in [2.05, 4.69) is 17.9 Å². The van der Waals surface area contributed by atoms with E-state index in [0.29, 0.717) is 5.92 Å². The van der Waals surface area contributed by atoms with Crippen LogP contribution in [-0.4, -0.2) is 24.5 Å². The summed E-state index contributed by atoms with van der Waals surface area (Å²) in [5.74, 6) is 0.418. The second-order valence-electron chi connectivity index (χ2n) is 4.69. The molecule has 0 radical (unpaired) electrons. The number of hydrogen-bond acceptors (Lipinski definition) is 1. The van der Waals surface area contributed by atoms with Gasteiger partial charge in [-0.3, -0.25) is 0 Å². The zero-order chi connectivity index (χ0) is 11.4. The van der Waals surface area contributed by atoms with Crippen molar-refractivity contribution in [1.82, 2.24) is 4.90 Å². The van der Waals surface area contributed by atoms with Crippen LogP contribution in [0, 0.1) is 5.82 Å². The molecule has 1 nitrogen and oxygen atoms in total. The number of rotatable bonds is 3. The van der Waals surface area contributed by atoms with Crippen molar-refractivity contribution in [3.05, 3.63) is 35.6 Å². The van der Waals surface area contributed by atoms with E-state index in [-0.39, 0.29) is 5.82 Å². The van der Waals surface area contributed by atoms with Crippen molar-refractivity contribution in [3.63, 3.8) is 0 Å². The molecule has 0 spiro atoms. The van der Waals surface area contributed by atoms with Crippen molar-refractivity contribution < 1.29 is 4.39 Å². The number of likely N-dealkylation sites (tertiary alicyclic amines) is 1. The molecule has 88 valence electrons. The first kappa shape index (κ1) is 11.6. The minimum Gasteiger partial charge on any atom is -0.303 e. The van der Waals surface area contributed by atoms with Crippen molar-refractivity contribution >= 4 is 0 Å². The smallest absolute Gasteiger partial charge is 0.123 e. The lowest BCUT2D eigenvalue weighted by atomic mass is 9.90. The molecule has 1 atom stereocenters. The topological polar surface area (TPSA) is 3.24 Å². The Labute approximate surface area is 97.3 Å². The summed E-state index contributed by atoms with van der Waals surface area (Å²) >= 11 is 0. The zero-order valence-corrected chi connectivity index (χ0v) is 9.95. The summed E-state index contributed by atoms with van der Waals surface area (Å²) in [6.07, 6.45) is 3.64. The Bertz CT molecular complexity index is 335. The van der Waals surface area contributed by atoms with Gasteiger partial charge in [-0.15, -0.1) is 0 Å². The third kappa shape index (κ3) is 2.82. The van der Waals surface area contributed by atoms with Gasteiger partial charge in [0.1, 0.15) is 5.82 Å². The number of piperidine rings is 1. The number of nitrogens with zero attached hydrogens (tertiary/aromatic N) is 1. The molecule has 1 aliphatic rings. The average molecular weight is 221 g/mol.